The molecule has 2 aliphatic rings. The van der Waals surface area contributed by atoms with Crippen LogP contribution in [0, 0.1) is 11.3 Å². The van der Waals surface area contributed by atoms with Crippen molar-refractivity contribution in [2.24, 2.45) is 11.3 Å². The van der Waals surface area contributed by atoms with Gasteiger partial charge in [0.15, 0.2) is 0 Å². The van der Waals surface area contributed by atoms with Gasteiger partial charge < -0.3 is 10.6 Å². The van der Waals surface area contributed by atoms with Gasteiger partial charge in [0.2, 0.25) is 5.91 Å². The highest BCUT2D eigenvalue weighted by atomic mass is 32.2. The summed E-state index contributed by atoms with van der Waals surface area (Å²) in [6.45, 7) is 7.14. The summed E-state index contributed by atoms with van der Waals surface area (Å²) in [6, 6.07) is 0. The fourth-order valence-electron chi connectivity index (χ4n) is 2.89. The van der Waals surface area contributed by atoms with E-state index in [0.717, 1.165) is 19.6 Å². The first-order chi connectivity index (χ1) is 8.60. The van der Waals surface area contributed by atoms with E-state index in [1.54, 1.807) is 0 Å². The van der Waals surface area contributed by atoms with Gasteiger partial charge >= 0.3 is 0 Å². The summed E-state index contributed by atoms with van der Waals surface area (Å²) < 4.78 is 0. The summed E-state index contributed by atoms with van der Waals surface area (Å²) in [5.74, 6) is 1.97. The molecule has 0 saturated carbocycles. The van der Waals surface area contributed by atoms with Crippen LogP contribution in [0.4, 0.5) is 0 Å². The fraction of sp³-hybridized carbons (Fsp3) is 0.929. The van der Waals surface area contributed by atoms with Crippen LogP contribution in [0.3, 0.4) is 0 Å². The summed E-state index contributed by atoms with van der Waals surface area (Å²) >= 11 is 2.00. The predicted octanol–water partition coefficient (Wildman–Crippen LogP) is 2.02. The zero-order valence-corrected chi connectivity index (χ0v) is 12.4. The van der Waals surface area contributed by atoms with E-state index < -0.39 is 0 Å². The Bertz CT molecular complexity index is 282. The van der Waals surface area contributed by atoms with Crippen LogP contribution in [0.25, 0.3) is 0 Å². The van der Waals surface area contributed by atoms with Gasteiger partial charge in [-0.25, -0.2) is 0 Å². The van der Waals surface area contributed by atoms with E-state index in [-0.39, 0.29) is 11.3 Å². The highest BCUT2D eigenvalue weighted by molar-refractivity contribution is 8.00. The van der Waals surface area contributed by atoms with Crippen molar-refractivity contribution in [2.45, 2.75) is 44.8 Å². The second-order valence-corrected chi connectivity index (χ2v) is 7.52. The Morgan fingerprint density at radius 3 is 2.83 bits per heavy atom. The second kappa shape index (κ2) is 6.29. The smallest absolute Gasteiger partial charge is 0.226 e. The van der Waals surface area contributed by atoms with E-state index in [0.29, 0.717) is 11.2 Å². The van der Waals surface area contributed by atoms with E-state index in [4.69, 9.17) is 0 Å². The normalized spacial score (nSPS) is 29.2. The van der Waals surface area contributed by atoms with Crippen LogP contribution in [-0.4, -0.2) is 36.5 Å². The quantitative estimate of drug-likeness (QED) is 0.821. The third kappa shape index (κ3) is 3.41. The van der Waals surface area contributed by atoms with Crippen molar-refractivity contribution in [3.8, 4) is 0 Å². The summed E-state index contributed by atoms with van der Waals surface area (Å²) in [5, 5.41) is 7.23. The first-order valence-electron chi connectivity index (χ1n) is 7.21. The molecule has 0 aromatic heterocycles. The Morgan fingerprint density at radius 1 is 1.39 bits per heavy atom. The number of hydrogen-bond donors (Lipinski definition) is 2. The second-order valence-electron chi connectivity index (χ2n) is 6.11. The van der Waals surface area contributed by atoms with E-state index in [1.807, 2.05) is 11.8 Å². The van der Waals surface area contributed by atoms with E-state index in [2.05, 4.69) is 24.5 Å². The zero-order valence-electron chi connectivity index (χ0n) is 11.6. The van der Waals surface area contributed by atoms with Gasteiger partial charge in [-0.3, -0.25) is 4.79 Å². The van der Waals surface area contributed by atoms with Crippen LogP contribution in [0.2, 0.25) is 0 Å². The van der Waals surface area contributed by atoms with Crippen LogP contribution in [0.15, 0.2) is 0 Å². The lowest BCUT2D eigenvalue weighted by Gasteiger charge is -2.36. The average molecular weight is 270 g/mol. The minimum atomic E-state index is -0.239. The molecule has 0 spiro atoms. The molecular weight excluding hydrogens is 244 g/mol. The van der Waals surface area contributed by atoms with Gasteiger partial charge in [-0.05, 0) is 50.4 Å². The molecule has 0 aromatic carbocycles. The molecule has 2 saturated heterocycles. The molecule has 0 bridgehead atoms. The SMILES string of the molecule is CC(C)(C(=O)NCC1CCCS1)C1CCCNC1. The maximum absolute atomic E-state index is 12.4. The average Bonchev–Trinajstić information content (AvgIpc) is 2.90. The van der Waals surface area contributed by atoms with Gasteiger partial charge in [0, 0.05) is 17.2 Å². The first-order valence-corrected chi connectivity index (χ1v) is 8.26. The van der Waals surface area contributed by atoms with Gasteiger partial charge in [-0.2, -0.15) is 11.8 Å². The minimum absolute atomic E-state index is 0.239. The summed E-state index contributed by atoms with van der Waals surface area (Å²) in [5.41, 5.74) is -0.239. The van der Waals surface area contributed by atoms with Crippen molar-refractivity contribution in [3.63, 3.8) is 0 Å². The molecular formula is C14H26N2OS. The summed E-state index contributed by atoms with van der Waals surface area (Å²) in [7, 11) is 0. The minimum Gasteiger partial charge on any atom is -0.355 e. The zero-order chi connectivity index (χ0) is 13.0. The van der Waals surface area contributed by atoms with Crippen molar-refractivity contribution in [1.82, 2.24) is 10.6 Å². The number of amides is 1. The Morgan fingerprint density at radius 2 is 2.22 bits per heavy atom. The molecule has 2 atom stereocenters. The summed E-state index contributed by atoms with van der Waals surface area (Å²) in [4.78, 5) is 12.4. The first kappa shape index (κ1) is 14.2. The number of hydrogen-bond acceptors (Lipinski definition) is 3. The maximum Gasteiger partial charge on any atom is 0.226 e. The van der Waals surface area contributed by atoms with E-state index in [1.165, 1.54) is 31.4 Å². The van der Waals surface area contributed by atoms with E-state index in [9.17, 15) is 4.79 Å². The molecule has 2 fully saturated rings. The molecule has 3 nitrogen and oxygen atoms in total. The van der Waals surface area contributed by atoms with Crippen LogP contribution in [0.5, 0.6) is 0 Å². The third-order valence-corrected chi connectivity index (χ3v) is 5.82. The molecule has 0 aromatic rings. The van der Waals surface area contributed by atoms with Crippen molar-refractivity contribution >= 4 is 17.7 Å². The van der Waals surface area contributed by atoms with Gasteiger partial charge in [0.25, 0.3) is 0 Å². The number of carbonyl (C=O) groups is 1. The van der Waals surface area contributed by atoms with Gasteiger partial charge in [0.05, 0.1) is 0 Å². The molecule has 0 aliphatic carbocycles. The number of carbonyl (C=O) groups excluding carboxylic acids is 1. The van der Waals surface area contributed by atoms with Gasteiger partial charge in [-0.1, -0.05) is 13.8 Å². The Balaban J connectivity index is 1.81. The van der Waals surface area contributed by atoms with Crippen LogP contribution in [-0.2, 0) is 4.79 Å². The van der Waals surface area contributed by atoms with Gasteiger partial charge in [-0.15, -0.1) is 0 Å². The molecule has 104 valence electrons. The molecule has 2 aliphatic heterocycles. The fourth-order valence-corrected chi connectivity index (χ4v) is 4.09. The Hall–Kier alpha value is -0.220. The lowest BCUT2D eigenvalue weighted by Crippen LogP contribution is -2.48. The van der Waals surface area contributed by atoms with Crippen LogP contribution < -0.4 is 10.6 Å². The lowest BCUT2D eigenvalue weighted by molar-refractivity contribution is -0.132. The van der Waals surface area contributed by atoms with Crippen molar-refractivity contribution < 1.29 is 4.79 Å². The lowest BCUT2D eigenvalue weighted by atomic mass is 9.74. The van der Waals surface area contributed by atoms with E-state index >= 15 is 0 Å². The molecule has 4 heteroatoms. The topological polar surface area (TPSA) is 41.1 Å². The van der Waals surface area contributed by atoms with Crippen LogP contribution in [0.1, 0.15) is 39.5 Å². The number of nitrogens with one attached hydrogen (secondary N) is 2. The number of piperidine rings is 1. The van der Waals surface area contributed by atoms with Gasteiger partial charge in [0.1, 0.15) is 0 Å². The molecule has 2 rings (SSSR count). The monoisotopic (exact) mass is 270 g/mol. The highest BCUT2D eigenvalue weighted by Gasteiger charge is 2.37. The largest absolute Gasteiger partial charge is 0.355 e. The Labute approximate surface area is 115 Å². The molecule has 0 radical (unpaired) electrons. The third-order valence-electron chi connectivity index (χ3n) is 4.42. The number of thioether (sulfide) groups is 1. The molecule has 1 amide bonds. The molecule has 2 N–H and O–H groups in total. The highest BCUT2D eigenvalue weighted by Crippen LogP contribution is 2.32. The summed E-state index contributed by atoms with van der Waals surface area (Å²) in [6.07, 6.45) is 4.93. The van der Waals surface area contributed by atoms with Crippen LogP contribution >= 0.6 is 11.8 Å². The molecule has 18 heavy (non-hydrogen) atoms. The molecule has 2 unspecified atom stereocenters. The maximum atomic E-state index is 12.4. The Kier molecular flexibility index (Phi) is 4.96. The number of rotatable bonds is 4. The predicted molar refractivity (Wildman–Crippen MR) is 77.9 cm³/mol. The van der Waals surface area contributed by atoms with Crippen molar-refractivity contribution in [2.75, 3.05) is 25.4 Å². The van der Waals surface area contributed by atoms with Crippen molar-refractivity contribution in [1.29, 1.82) is 0 Å². The van der Waals surface area contributed by atoms with Crippen molar-refractivity contribution in [3.05, 3.63) is 0 Å². The standard InChI is InChI=1S/C14H26N2OS/c1-14(2,11-5-3-7-15-9-11)13(17)16-10-12-6-4-8-18-12/h11-12,15H,3-10H2,1-2H3,(H,16,17). The molecule has 2 heterocycles.